The molecule has 34 heavy (non-hydrogen) atoms. The Morgan fingerprint density at radius 1 is 1.03 bits per heavy atom. The third-order valence-electron chi connectivity index (χ3n) is 3.58. The second-order valence-corrected chi connectivity index (χ2v) is 9.51. The highest BCUT2D eigenvalue weighted by Gasteiger charge is 2.17. The van der Waals surface area contributed by atoms with Crippen molar-refractivity contribution < 1.29 is 45.1 Å². The molecule has 3 rings (SSSR count). The van der Waals surface area contributed by atoms with Crippen LogP contribution in [-0.4, -0.2) is 43.6 Å². The van der Waals surface area contributed by atoms with Crippen molar-refractivity contribution in [1.29, 1.82) is 0 Å². The summed E-state index contributed by atoms with van der Waals surface area (Å²) in [6, 6.07) is 10.6. The summed E-state index contributed by atoms with van der Waals surface area (Å²) < 4.78 is 64.3. The number of anilines is 2. The van der Waals surface area contributed by atoms with E-state index < -0.39 is 26.1 Å². The monoisotopic (exact) mass is 514 g/mol. The molecular weight excluding hydrogens is 492 g/mol. The summed E-state index contributed by atoms with van der Waals surface area (Å²) in [6.45, 7) is 4.64. The molecule has 5 N–H and O–H groups in total. The molecule has 1 saturated heterocycles. The Balaban J connectivity index is 0.000000288. The van der Waals surface area contributed by atoms with Gasteiger partial charge in [0.2, 0.25) is 5.91 Å². The molecule has 1 aliphatic rings. The van der Waals surface area contributed by atoms with Gasteiger partial charge in [0, 0.05) is 11.4 Å². The molecule has 0 saturated carbocycles. The summed E-state index contributed by atoms with van der Waals surface area (Å²) >= 11 is 0. The van der Waals surface area contributed by atoms with Crippen LogP contribution in [0.4, 0.5) is 11.4 Å². The lowest BCUT2D eigenvalue weighted by atomic mass is 10.2. The number of ether oxygens (including phenoxy) is 1. The van der Waals surface area contributed by atoms with Crippen LogP contribution in [0.2, 0.25) is 0 Å². The molecule has 2 aromatic rings. The van der Waals surface area contributed by atoms with Crippen molar-refractivity contribution in [2.45, 2.75) is 29.6 Å². The van der Waals surface area contributed by atoms with Crippen molar-refractivity contribution in [3.63, 3.8) is 0 Å². The summed E-state index contributed by atoms with van der Waals surface area (Å²) in [5.41, 5.74) is 5.79. The number of nitrogens with one attached hydrogen (secondary N) is 1. The van der Waals surface area contributed by atoms with E-state index in [2.05, 4.69) is 16.6 Å². The highest BCUT2D eigenvalue weighted by molar-refractivity contribution is 7.86. The summed E-state index contributed by atoms with van der Waals surface area (Å²) in [7, 11) is -8.41. The van der Waals surface area contributed by atoms with Crippen LogP contribution in [0.5, 0.6) is 0 Å². The Morgan fingerprint density at radius 3 is 1.88 bits per heavy atom. The van der Waals surface area contributed by atoms with Crippen LogP contribution in [-0.2, 0) is 39.4 Å². The minimum absolute atomic E-state index is 0.167. The fourth-order valence-electron chi connectivity index (χ4n) is 2.15. The molecule has 1 amide bonds. The fourth-order valence-corrected chi connectivity index (χ4v) is 3.22. The Morgan fingerprint density at radius 2 is 1.53 bits per heavy atom. The van der Waals surface area contributed by atoms with Gasteiger partial charge in [-0.3, -0.25) is 23.5 Å². The van der Waals surface area contributed by atoms with Gasteiger partial charge in [-0.1, -0.05) is 18.7 Å². The average Bonchev–Trinajstić information content (AvgIpc) is 2.66. The third kappa shape index (κ3) is 10.8. The molecule has 0 radical (unpaired) electrons. The number of cyclic esters (lactones) is 1. The van der Waals surface area contributed by atoms with Gasteiger partial charge >= 0.3 is 5.97 Å². The Labute approximate surface area is 195 Å². The van der Waals surface area contributed by atoms with E-state index in [1.165, 1.54) is 49.4 Å². The maximum absolute atomic E-state index is 11.2. The minimum atomic E-state index is -4.30. The molecule has 0 spiro atoms. The lowest BCUT2D eigenvalue weighted by Gasteiger charge is -2.12. The van der Waals surface area contributed by atoms with E-state index in [-0.39, 0.29) is 33.7 Å². The zero-order valence-electron chi connectivity index (χ0n) is 17.8. The predicted molar refractivity (Wildman–Crippen MR) is 121 cm³/mol. The van der Waals surface area contributed by atoms with Gasteiger partial charge in [-0.05, 0) is 43.3 Å². The standard InChI is InChI=1S/C10H11NO5S.C6H7NO3S.C4H4O2/c1-7(12)5-10(13)11-8-3-2-4-9(6-8)17(14,15)16;7-5-2-1-3-6(4-5)11(8,9)10;1-3-2-4(5)6-3/h2-4,6H,5H2,1H3,(H,11,13)(H,14,15,16);1-4H,7H2,(H,8,9,10);1-2H2. The Bertz CT molecular complexity index is 1280. The highest BCUT2D eigenvalue weighted by atomic mass is 32.2. The minimum Gasteiger partial charge on any atom is -0.431 e. The number of nitrogen functional groups attached to an aromatic ring is 1. The van der Waals surface area contributed by atoms with Gasteiger partial charge in [-0.15, -0.1) is 0 Å². The van der Waals surface area contributed by atoms with E-state index in [4.69, 9.17) is 14.8 Å². The third-order valence-corrected chi connectivity index (χ3v) is 5.28. The smallest absolute Gasteiger partial charge is 0.318 e. The maximum atomic E-state index is 11.2. The maximum Gasteiger partial charge on any atom is 0.318 e. The molecule has 0 aromatic heterocycles. The zero-order valence-corrected chi connectivity index (χ0v) is 19.4. The van der Waals surface area contributed by atoms with Crippen LogP contribution < -0.4 is 11.1 Å². The Hall–Kier alpha value is -3.59. The second kappa shape index (κ2) is 12.0. The number of carbonyl (C=O) groups is 3. The van der Waals surface area contributed by atoms with Crippen molar-refractivity contribution in [1.82, 2.24) is 0 Å². The first-order valence-corrected chi connectivity index (χ1v) is 12.0. The molecule has 0 aliphatic carbocycles. The number of nitrogens with two attached hydrogens (primary N) is 1. The van der Waals surface area contributed by atoms with Crippen molar-refractivity contribution in [3.05, 3.63) is 60.9 Å². The normalized spacial score (nSPS) is 12.6. The lowest BCUT2D eigenvalue weighted by Crippen LogP contribution is -2.15. The van der Waals surface area contributed by atoms with Crippen LogP contribution in [0.15, 0.2) is 70.7 Å². The summed E-state index contributed by atoms with van der Waals surface area (Å²) in [6.07, 6.45) is 0.135. The number of benzene rings is 2. The van der Waals surface area contributed by atoms with E-state index in [1.54, 1.807) is 0 Å². The summed E-state index contributed by atoms with van der Waals surface area (Å²) in [5, 5.41) is 2.35. The molecule has 12 nitrogen and oxygen atoms in total. The molecule has 2 aromatic carbocycles. The van der Waals surface area contributed by atoms with Crippen molar-refractivity contribution in [2.24, 2.45) is 0 Å². The largest absolute Gasteiger partial charge is 0.431 e. The zero-order chi connectivity index (χ0) is 26.1. The first-order chi connectivity index (χ1) is 15.6. The average molecular weight is 515 g/mol. The fraction of sp³-hybridized carbons (Fsp3) is 0.150. The molecule has 1 aliphatic heterocycles. The van der Waals surface area contributed by atoms with E-state index in [9.17, 15) is 31.2 Å². The van der Waals surface area contributed by atoms with Gasteiger partial charge in [0.1, 0.15) is 18.0 Å². The number of hydrogen-bond donors (Lipinski definition) is 4. The van der Waals surface area contributed by atoms with Crippen LogP contribution in [0.25, 0.3) is 0 Å². The van der Waals surface area contributed by atoms with Crippen molar-refractivity contribution >= 4 is 49.3 Å². The van der Waals surface area contributed by atoms with Crippen LogP contribution in [0.3, 0.4) is 0 Å². The molecule has 14 heteroatoms. The SMILES string of the molecule is C=C1CC(=O)O1.CC(=O)CC(=O)Nc1cccc(S(=O)(=O)O)c1.Nc1cccc(S(=O)(=O)O)c1. The number of amides is 1. The number of ketones is 1. The topological polar surface area (TPSA) is 207 Å². The van der Waals surface area contributed by atoms with Gasteiger partial charge < -0.3 is 15.8 Å². The summed E-state index contributed by atoms with van der Waals surface area (Å²) in [5.74, 6) is -0.418. The molecular formula is C20H22N2O10S2. The van der Waals surface area contributed by atoms with Gasteiger partial charge in [-0.25, -0.2) is 0 Å². The van der Waals surface area contributed by atoms with E-state index >= 15 is 0 Å². The van der Waals surface area contributed by atoms with Gasteiger partial charge in [0.25, 0.3) is 20.2 Å². The number of hydrogen-bond acceptors (Lipinski definition) is 9. The van der Waals surface area contributed by atoms with Crippen LogP contribution in [0.1, 0.15) is 19.8 Å². The number of esters is 1. The lowest BCUT2D eigenvalue weighted by molar-refractivity contribution is -0.148. The molecule has 1 fully saturated rings. The van der Waals surface area contributed by atoms with Crippen LogP contribution in [0, 0.1) is 0 Å². The Kier molecular flexibility index (Phi) is 10.1. The van der Waals surface area contributed by atoms with Crippen LogP contribution >= 0.6 is 0 Å². The molecule has 184 valence electrons. The first-order valence-electron chi connectivity index (χ1n) is 9.16. The second-order valence-electron chi connectivity index (χ2n) is 6.67. The van der Waals surface area contributed by atoms with Crippen molar-refractivity contribution in [2.75, 3.05) is 11.1 Å². The van der Waals surface area contributed by atoms with E-state index in [0.717, 1.165) is 6.07 Å². The highest BCUT2D eigenvalue weighted by Crippen LogP contribution is 2.15. The molecule has 0 bridgehead atoms. The number of Topliss-reactive ketones (excluding diaryl/α,β-unsaturated/α-hetero) is 1. The van der Waals surface area contributed by atoms with Crippen molar-refractivity contribution in [3.8, 4) is 0 Å². The first kappa shape index (κ1) is 28.4. The van der Waals surface area contributed by atoms with E-state index in [1.807, 2.05) is 0 Å². The van der Waals surface area contributed by atoms with Gasteiger partial charge in [-0.2, -0.15) is 16.8 Å². The molecule has 0 unspecified atom stereocenters. The quantitative estimate of drug-likeness (QED) is 0.196. The molecule has 1 heterocycles. The number of rotatable bonds is 5. The van der Waals surface area contributed by atoms with Gasteiger partial charge in [0.05, 0.1) is 16.2 Å². The summed E-state index contributed by atoms with van der Waals surface area (Å²) in [4.78, 5) is 31.2. The number of carbonyl (C=O) groups excluding carboxylic acids is 3. The van der Waals surface area contributed by atoms with E-state index in [0.29, 0.717) is 17.9 Å². The predicted octanol–water partition coefficient (Wildman–Crippen LogP) is 1.81. The van der Waals surface area contributed by atoms with Gasteiger partial charge in [0.15, 0.2) is 0 Å². The molecule has 0 atom stereocenters.